The first kappa shape index (κ1) is 42.7. The van der Waals surface area contributed by atoms with Crippen LogP contribution in [0.3, 0.4) is 0 Å². The van der Waals surface area contributed by atoms with Crippen molar-refractivity contribution < 1.29 is 19.1 Å². The molecule has 0 N–H and O–H groups in total. The van der Waals surface area contributed by atoms with Gasteiger partial charge in [-0.3, -0.25) is 9.59 Å². The second-order valence-electron chi connectivity index (χ2n) is 12.6. The number of hydrogen-bond donors (Lipinski definition) is 0. The molecule has 0 radical (unpaired) electrons. The Morgan fingerprint density at radius 3 is 1.23 bits per heavy atom. The van der Waals surface area contributed by atoms with E-state index in [9.17, 15) is 9.59 Å². The number of rotatable bonds is 34. The summed E-state index contributed by atoms with van der Waals surface area (Å²) >= 11 is 5.96. The van der Waals surface area contributed by atoms with Crippen molar-refractivity contribution in [2.75, 3.05) is 12.5 Å². The molecule has 0 aromatic carbocycles. The van der Waals surface area contributed by atoms with Crippen LogP contribution in [-0.4, -0.2) is 30.5 Å². The Labute approximate surface area is 278 Å². The monoisotopic (exact) mass is 639 g/mol. The summed E-state index contributed by atoms with van der Waals surface area (Å²) in [7, 11) is 0. The average Bonchev–Trinajstić information content (AvgIpc) is 3.02. The molecular weight excluding hydrogens is 568 g/mol. The number of halogens is 1. The van der Waals surface area contributed by atoms with Gasteiger partial charge in [-0.05, 0) is 64.2 Å². The van der Waals surface area contributed by atoms with E-state index >= 15 is 0 Å². The van der Waals surface area contributed by atoms with Crippen LogP contribution < -0.4 is 0 Å². The van der Waals surface area contributed by atoms with Gasteiger partial charge in [0.1, 0.15) is 12.7 Å². The number of carbonyl (C=O) groups is 2. The first-order valence-electron chi connectivity index (χ1n) is 18.8. The summed E-state index contributed by atoms with van der Waals surface area (Å²) in [4.78, 5) is 24.3. The molecule has 0 spiro atoms. The van der Waals surface area contributed by atoms with Gasteiger partial charge in [-0.25, -0.2) is 0 Å². The third-order valence-corrected chi connectivity index (χ3v) is 8.53. The van der Waals surface area contributed by atoms with Gasteiger partial charge >= 0.3 is 11.9 Å². The summed E-state index contributed by atoms with van der Waals surface area (Å²) in [5.41, 5.74) is 0. The van der Waals surface area contributed by atoms with Crippen LogP contribution >= 0.6 is 11.6 Å². The van der Waals surface area contributed by atoms with Crippen LogP contribution in [-0.2, 0) is 19.1 Å². The quantitative estimate of drug-likeness (QED) is 0.0304. The number of esters is 2. The highest BCUT2D eigenvalue weighted by molar-refractivity contribution is 6.18. The van der Waals surface area contributed by atoms with Crippen molar-refractivity contribution in [1.29, 1.82) is 0 Å². The van der Waals surface area contributed by atoms with Gasteiger partial charge in [0.25, 0.3) is 0 Å². The number of alkyl halides is 1. The van der Waals surface area contributed by atoms with Crippen LogP contribution in [0, 0.1) is 0 Å². The minimum absolute atomic E-state index is 0.0471. The van der Waals surface area contributed by atoms with E-state index in [0.717, 1.165) is 51.4 Å². The molecule has 0 aliphatic carbocycles. The van der Waals surface area contributed by atoms with Crippen molar-refractivity contribution in [1.82, 2.24) is 0 Å². The predicted molar refractivity (Wildman–Crippen MR) is 190 cm³/mol. The maximum Gasteiger partial charge on any atom is 0.306 e. The largest absolute Gasteiger partial charge is 0.462 e. The Morgan fingerprint density at radius 1 is 0.500 bits per heavy atom. The van der Waals surface area contributed by atoms with Crippen LogP contribution in [0.2, 0.25) is 0 Å². The molecule has 0 rings (SSSR count). The Morgan fingerprint density at radius 2 is 0.841 bits per heavy atom. The highest BCUT2D eigenvalue weighted by Crippen LogP contribution is 2.13. The van der Waals surface area contributed by atoms with E-state index in [0.29, 0.717) is 12.8 Å². The summed E-state index contributed by atoms with van der Waals surface area (Å²) < 4.78 is 10.8. The third kappa shape index (κ3) is 33.6. The standard InChI is InChI=1S/C39H71ClO4/c1-3-5-7-9-11-13-15-17-19-21-23-25-27-29-31-33-38(41)43-36-37(35-40)44-39(42)34-32-30-28-26-24-22-20-18-16-14-12-10-8-6-4-2/h17-20,37H,3-16,21-36H2,1-2H3/b19-17+,20-18+/t37-/m1/s1. The molecule has 1 atom stereocenters. The smallest absolute Gasteiger partial charge is 0.306 e. The highest BCUT2D eigenvalue weighted by Gasteiger charge is 2.16. The lowest BCUT2D eigenvalue weighted by atomic mass is 10.1. The van der Waals surface area contributed by atoms with E-state index in [2.05, 4.69) is 38.2 Å². The van der Waals surface area contributed by atoms with Crippen molar-refractivity contribution in [3.8, 4) is 0 Å². The van der Waals surface area contributed by atoms with Gasteiger partial charge in [-0.2, -0.15) is 0 Å². The van der Waals surface area contributed by atoms with Crippen LogP contribution in [0.25, 0.3) is 0 Å². The minimum atomic E-state index is -0.564. The second kappa shape index (κ2) is 36.2. The van der Waals surface area contributed by atoms with E-state index < -0.39 is 6.10 Å². The fourth-order valence-corrected chi connectivity index (χ4v) is 5.45. The second-order valence-corrected chi connectivity index (χ2v) is 12.9. The molecule has 0 saturated carbocycles. The molecule has 5 heteroatoms. The molecule has 0 bridgehead atoms. The van der Waals surface area contributed by atoms with E-state index in [4.69, 9.17) is 21.1 Å². The molecule has 0 aromatic heterocycles. The van der Waals surface area contributed by atoms with Crippen molar-refractivity contribution in [3.05, 3.63) is 24.3 Å². The van der Waals surface area contributed by atoms with Crippen LogP contribution in [0.5, 0.6) is 0 Å². The van der Waals surface area contributed by atoms with Crippen molar-refractivity contribution in [2.24, 2.45) is 0 Å². The van der Waals surface area contributed by atoms with Gasteiger partial charge in [-0.15, -0.1) is 11.6 Å². The van der Waals surface area contributed by atoms with Crippen LogP contribution in [0.15, 0.2) is 24.3 Å². The van der Waals surface area contributed by atoms with Crippen molar-refractivity contribution in [2.45, 2.75) is 200 Å². The molecular formula is C39H71ClO4. The lowest BCUT2D eigenvalue weighted by molar-refractivity contribution is -0.157. The molecule has 0 aromatic rings. The summed E-state index contributed by atoms with van der Waals surface area (Å²) in [6, 6.07) is 0. The number of ether oxygens (including phenoxy) is 2. The van der Waals surface area contributed by atoms with E-state index in [1.165, 1.54) is 116 Å². The fraction of sp³-hybridized carbons (Fsp3) is 0.846. The number of unbranched alkanes of at least 4 members (excludes halogenated alkanes) is 22. The fourth-order valence-electron chi connectivity index (χ4n) is 5.29. The van der Waals surface area contributed by atoms with Gasteiger partial charge in [0.15, 0.2) is 0 Å². The molecule has 258 valence electrons. The zero-order valence-electron chi connectivity index (χ0n) is 29.1. The summed E-state index contributed by atoms with van der Waals surface area (Å²) in [6.07, 6.45) is 41.5. The zero-order chi connectivity index (χ0) is 32.2. The van der Waals surface area contributed by atoms with Gasteiger partial charge in [0, 0.05) is 12.8 Å². The lowest BCUT2D eigenvalue weighted by Crippen LogP contribution is -2.26. The van der Waals surface area contributed by atoms with Crippen LogP contribution in [0.1, 0.15) is 194 Å². The lowest BCUT2D eigenvalue weighted by Gasteiger charge is -2.15. The molecule has 0 unspecified atom stereocenters. The van der Waals surface area contributed by atoms with Gasteiger partial charge in [-0.1, -0.05) is 141 Å². The minimum Gasteiger partial charge on any atom is -0.462 e. The zero-order valence-corrected chi connectivity index (χ0v) is 29.9. The number of hydrogen-bond acceptors (Lipinski definition) is 4. The maximum absolute atomic E-state index is 12.2. The SMILES string of the molecule is CCCCCCCC/C=C/CCCCCCCC(=O)OC[C@@H](CCl)OC(=O)CCCCCCC/C=C/CCCCCCCC. The van der Waals surface area contributed by atoms with Gasteiger partial charge in [0.05, 0.1) is 5.88 Å². The van der Waals surface area contributed by atoms with E-state index in [-0.39, 0.29) is 24.4 Å². The van der Waals surface area contributed by atoms with E-state index in [1.54, 1.807) is 0 Å². The molecule has 0 saturated heterocycles. The molecule has 0 fully saturated rings. The van der Waals surface area contributed by atoms with Crippen molar-refractivity contribution in [3.63, 3.8) is 0 Å². The number of allylic oxidation sites excluding steroid dienone is 4. The third-order valence-electron chi connectivity index (χ3n) is 8.19. The van der Waals surface area contributed by atoms with Gasteiger partial charge in [0.2, 0.25) is 0 Å². The molecule has 0 amide bonds. The summed E-state index contributed by atoms with van der Waals surface area (Å²) in [6.45, 7) is 4.57. The number of carbonyl (C=O) groups excluding carboxylic acids is 2. The maximum atomic E-state index is 12.2. The molecule has 0 heterocycles. The normalized spacial score (nSPS) is 12.3. The summed E-state index contributed by atoms with van der Waals surface area (Å²) in [5, 5.41) is 0. The van der Waals surface area contributed by atoms with Gasteiger partial charge < -0.3 is 9.47 Å². The summed E-state index contributed by atoms with van der Waals surface area (Å²) in [5.74, 6) is -0.341. The van der Waals surface area contributed by atoms with Crippen molar-refractivity contribution >= 4 is 23.5 Å². The topological polar surface area (TPSA) is 52.6 Å². The first-order chi connectivity index (χ1) is 21.6. The Balaban J connectivity index is 3.58. The highest BCUT2D eigenvalue weighted by atomic mass is 35.5. The Hall–Kier alpha value is -1.29. The molecule has 0 aliphatic rings. The molecule has 0 aliphatic heterocycles. The molecule has 44 heavy (non-hydrogen) atoms. The molecule has 4 nitrogen and oxygen atoms in total. The average molecular weight is 639 g/mol. The Kier molecular flexibility index (Phi) is 35.1. The predicted octanol–water partition coefficient (Wildman–Crippen LogP) is 12.8. The Bertz CT molecular complexity index is 675. The van der Waals surface area contributed by atoms with E-state index in [1.807, 2.05) is 0 Å². The van der Waals surface area contributed by atoms with Crippen LogP contribution in [0.4, 0.5) is 0 Å². The first-order valence-corrected chi connectivity index (χ1v) is 19.4.